The minimum absolute atomic E-state index is 0.0218. The number of aryl methyl sites for hydroxylation is 1. The summed E-state index contributed by atoms with van der Waals surface area (Å²) in [6.07, 6.45) is 0. The van der Waals surface area contributed by atoms with Gasteiger partial charge in [-0.3, -0.25) is 19.7 Å². The lowest BCUT2D eigenvalue weighted by molar-refractivity contribution is -0.383. The van der Waals surface area contributed by atoms with E-state index in [4.69, 9.17) is 11.6 Å². The van der Waals surface area contributed by atoms with Crippen LogP contribution in [-0.4, -0.2) is 14.5 Å². The third-order valence-corrected chi connectivity index (χ3v) is 2.58. The molecule has 0 amide bonds. The van der Waals surface area contributed by atoms with Gasteiger partial charge in [-0.2, -0.15) is 0 Å². The summed E-state index contributed by atoms with van der Waals surface area (Å²) >= 11 is 5.72. The van der Waals surface area contributed by atoms with Gasteiger partial charge in [-0.25, -0.2) is 0 Å². The highest BCUT2D eigenvalue weighted by molar-refractivity contribution is 6.31. The summed E-state index contributed by atoms with van der Waals surface area (Å²) in [5, 5.41) is 10.9. The normalized spacial score (nSPS) is 10.7. The quantitative estimate of drug-likeness (QED) is 0.463. The standard InChI is InChI=1S/C9H6ClN3O4/c1-12-5-2-4(10)3-6(13(16)17)7(5)11-8(14)9(12)15/h2-3H,1H3,(H,11,14). The van der Waals surface area contributed by atoms with E-state index in [0.717, 1.165) is 10.6 Å². The van der Waals surface area contributed by atoms with Gasteiger partial charge in [-0.15, -0.1) is 0 Å². The number of rotatable bonds is 1. The molecule has 88 valence electrons. The Morgan fingerprint density at radius 1 is 1.41 bits per heavy atom. The number of benzene rings is 1. The van der Waals surface area contributed by atoms with Crippen molar-refractivity contribution in [2.24, 2.45) is 7.05 Å². The van der Waals surface area contributed by atoms with Crippen molar-refractivity contribution in [3.63, 3.8) is 0 Å². The molecule has 0 radical (unpaired) electrons. The third-order valence-electron chi connectivity index (χ3n) is 2.36. The first-order valence-electron chi connectivity index (χ1n) is 4.49. The van der Waals surface area contributed by atoms with E-state index in [1.165, 1.54) is 13.1 Å². The highest BCUT2D eigenvalue weighted by Crippen LogP contribution is 2.26. The van der Waals surface area contributed by atoms with E-state index in [1.807, 2.05) is 0 Å². The van der Waals surface area contributed by atoms with Crippen molar-refractivity contribution in [3.05, 3.63) is 48.0 Å². The molecule has 0 aliphatic rings. The monoisotopic (exact) mass is 255 g/mol. The highest BCUT2D eigenvalue weighted by Gasteiger charge is 2.17. The molecule has 0 saturated heterocycles. The van der Waals surface area contributed by atoms with Gasteiger partial charge in [-0.05, 0) is 6.07 Å². The fourth-order valence-electron chi connectivity index (χ4n) is 1.54. The SMILES string of the molecule is Cn1c(=O)c(=O)[nH]c2c([N+](=O)[O-])cc(Cl)cc21. The number of nitrogens with zero attached hydrogens (tertiary/aromatic N) is 2. The zero-order valence-corrected chi connectivity index (χ0v) is 9.32. The van der Waals surface area contributed by atoms with Gasteiger partial charge in [0.15, 0.2) is 0 Å². The number of nitro benzene ring substituents is 1. The van der Waals surface area contributed by atoms with Crippen LogP contribution in [0.1, 0.15) is 0 Å². The number of fused-ring (bicyclic) bond motifs is 1. The van der Waals surface area contributed by atoms with E-state index in [2.05, 4.69) is 4.98 Å². The number of nitrogens with one attached hydrogen (secondary N) is 1. The van der Waals surface area contributed by atoms with Gasteiger partial charge in [-0.1, -0.05) is 11.6 Å². The first kappa shape index (κ1) is 11.3. The smallest absolute Gasteiger partial charge is 0.310 e. The van der Waals surface area contributed by atoms with Crippen LogP contribution in [0.3, 0.4) is 0 Å². The molecule has 0 saturated carbocycles. The number of halogens is 1. The van der Waals surface area contributed by atoms with Gasteiger partial charge in [0.2, 0.25) is 0 Å². The van der Waals surface area contributed by atoms with Gasteiger partial charge < -0.3 is 9.55 Å². The van der Waals surface area contributed by atoms with Crippen LogP contribution in [0.15, 0.2) is 21.7 Å². The van der Waals surface area contributed by atoms with Gasteiger partial charge in [0.25, 0.3) is 5.69 Å². The number of non-ortho nitro benzene ring substituents is 1. The van der Waals surface area contributed by atoms with Gasteiger partial charge >= 0.3 is 11.1 Å². The molecule has 0 fully saturated rings. The number of aromatic nitrogens is 2. The molecule has 17 heavy (non-hydrogen) atoms. The highest BCUT2D eigenvalue weighted by atomic mass is 35.5. The van der Waals surface area contributed by atoms with Gasteiger partial charge in [0.05, 0.1) is 10.4 Å². The zero-order valence-electron chi connectivity index (χ0n) is 8.56. The van der Waals surface area contributed by atoms with Crippen molar-refractivity contribution < 1.29 is 4.92 Å². The average Bonchev–Trinajstić information content (AvgIpc) is 2.26. The molecular weight excluding hydrogens is 250 g/mol. The number of hydrogen-bond acceptors (Lipinski definition) is 4. The van der Waals surface area contributed by atoms with Crippen molar-refractivity contribution >= 4 is 28.3 Å². The summed E-state index contributed by atoms with van der Waals surface area (Å²) in [6, 6.07) is 2.49. The summed E-state index contributed by atoms with van der Waals surface area (Å²) in [5.74, 6) is 0. The molecule has 1 heterocycles. The molecule has 0 unspecified atom stereocenters. The Bertz CT molecular complexity index is 746. The third kappa shape index (κ3) is 1.70. The Morgan fingerprint density at radius 2 is 2.06 bits per heavy atom. The molecule has 1 aromatic carbocycles. The van der Waals surface area contributed by atoms with Crippen LogP contribution in [0, 0.1) is 10.1 Å². The maximum Gasteiger partial charge on any atom is 0.316 e. The van der Waals surface area contributed by atoms with Crippen molar-refractivity contribution in [2.75, 3.05) is 0 Å². The van der Waals surface area contributed by atoms with Crippen LogP contribution < -0.4 is 11.1 Å². The fraction of sp³-hybridized carbons (Fsp3) is 0.111. The van der Waals surface area contributed by atoms with Crippen molar-refractivity contribution in [1.29, 1.82) is 0 Å². The van der Waals surface area contributed by atoms with E-state index in [-0.39, 0.29) is 21.7 Å². The van der Waals surface area contributed by atoms with E-state index in [9.17, 15) is 19.7 Å². The second kappa shape index (κ2) is 3.70. The molecule has 0 bridgehead atoms. The van der Waals surface area contributed by atoms with Crippen LogP contribution in [-0.2, 0) is 7.05 Å². The summed E-state index contributed by atoms with van der Waals surface area (Å²) in [7, 11) is 1.35. The van der Waals surface area contributed by atoms with Crippen LogP contribution in [0.4, 0.5) is 5.69 Å². The largest absolute Gasteiger partial charge is 0.316 e. The number of aromatic amines is 1. The fourth-order valence-corrected chi connectivity index (χ4v) is 1.75. The van der Waals surface area contributed by atoms with E-state index < -0.39 is 16.0 Å². The molecule has 2 rings (SSSR count). The Balaban J connectivity index is 3.11. The Labute approximate surface area is 98.4 Å². The lowest BCUT2D eigenvalue weighted by atomic mass is 10.2. The van der Waals surface area contributed by atoms with Gasteiger partial charge in [0, 0.05) is 18.1 Å². The van der Waals surface area contributed by atoms with Crippen LogP contribution >= 0.6 is 11.6 Å². The Morgan fingerprint density at radius 3 is 2.65 bits per heavy atom. The van der Waals surface area contributed by atoms with E-state index in [1.54, 1.807) is 0 Å². The molecule has 1 N–H and O–H groups in total. The Kier molecular flexibility index (Phi) is 2.47. The summed E-state index contributed by atoms with van der Waals surface area (Å²) in [4.78, 5) is 35.0. The van der Waals surface area contributed by atoms with Crippen LogP contribution in [0.5, 0.6) is 0 Å². The van der Waals surface area contributed by atoms with Crippen molar-refractivity contribution in [2.45, 2.75) is 0 Å². The lowest BCUT2D eigenvalue weighted by Gasteiger charge is -2.04. The lowest BCUT2D eigenvalue weighted by Crippen LogP contribution is -2.34. The van der Waals surface area contributed by atoms with Crippen LogP contribution in [0.25, 0.3) is 11.0 Å². The average molecular weight is 256 g/mol. The van der Waals surface area contributed by atoms with Crippen molar-refractivity contribution in [1.82, 2.24) is 9.55 Å². The van der Waals surface area contributed by atoms with Crippen molar-refractivity contribution in [3.8, 4) is 0 Å². The van der Waals surface area contributed by atoms with E-state index in [0.29, 0.717) is 0 Å². The summed E-state index contributed by atoms with van der Waals surface area (Å²) in [5.41, 5.74) is -1.88. The first-order valence-corrected chi connectivity index (χ1v) is 4.86. The molecule has 0 aliphatic heterocycles. The predicted molar refractivity (Wildman–Crippen MR) is 61.5 cm³/mol. The number of nitro groups is 1. The minimum Gasteiger partial charge on any atom is -0.310 e. The molecule has 8 heteroatoms. The minimum atomic E-state index is -0.912. The zero-order chi connectivity index (χ0) is 12.7. The first-order chi connectivity index (χ1) is 7.91. The second-order valence-electron chi connectivity index (χ2n) is 3.39. The second-order valence-corrected chi connectivity index (χ2v) is 3.83. The molecule has 0 spiro atoms. The maximum absolute atomic E-state index is 11.4. The maximum atomic E-state index is 11.4. The molecule has 0 aliphatic carbocycles. The summed E-state index contributed by atoms with van der Waals surface area (Å²) in [6.45, 7) is 0. The molecule has 0 atom stereocenters. The van der Waals surface area contributed by atoms with E-state index >= 15 is 0 Å². The molecule has 1 aromatic heterocycles. The molecule has 7 nitrogen and oxygen atoms in total. The molecule has 2 aromatic rings. The van der Waals surface area contributed by atoms with Gasteiger partial charge in [0.1, 0.15) is 5.52 Å². The molecular formula is C9H6ClN3O4. The number of H-pyrrole nitrogens is 1. The summed E-state index contributed by atoms with van der Waals surface area (Å²) < 4.78 is 1.02. The van der Waals surface area contributed by atoms with Crippen LogP contribution in [0.2, 0.25) is 5.02 Å². The predicted octanol–water partition coefficient (Wildman–Crippen LogP) is 0.788. The number of hydrogen-bond donors (Lipinski definition) is 1. The topological polar surface area (TPSA) is 98.0 Å². The Hall–Kier alpha value is -2.15.